The van der Waals surface area contributed by atoms with Crippen LogP contribution in [0.15, 0.2) is 30.5 Å². The number of carbonyl (C=O) groups excluding carboxylic acids is 3. The molecule has 4 rings (SSSR count). The van der Waals surface area contributed by atoms with E-state index in [2.05, 4.69) is 29.5 Å². The number of carbonyl (C=O) groups is 3. The van der Waals surface area contributed by atoms with Gasteiger partial charge < -0.3 is 25.3 Å². The summed E-state index contributed by atoms with van der Waals surface area (Å²) in [5.74, 6) is -1.63. The van der Waals surface area contributed by atoms with Crippen LogP contribution < -0.4 is 11.1 Å². The number of hydrogen-bond donors (Lipinski definition) is 2. The van der Waals surface area contributed by atoms with Gasteiger partial charge in [0.05, 0.1) is 17.8 Å². The number of ketones is 1. The Morgan fingerprint density at radius 2 is 1.87 bits per heavy atom. The summed E-state index contributed by atoms with van der Waals surface area (Å²) in [6.45, 7) is 13.3. The van der Waals surface area contributed by atoms with E-state index in [9.17, 15) is 14.4 Å². The fourth-order valence-corrected chi connectivity index (χ4v) is 7.20. The molecule has 2 aromatic rings. The van der Waals surface area contributed by atoms with E-state index in [-0.39, 0.29) is 30.0 Å². The van der Waals surface area contributed by atoms with Crippen molar-refractivity contribution in [3.8, 4) is 11.3 Å². The molecular weight excluding hydrogens is 599 g/mol. The Bertz CT molecular complexity index is 1410. The lowest BCUT2D eigenvalue weighted by Gasteiger charge is -2.41. The van der Waals surface area contributed by atoms with Gasteiger partial charge in [-0.2, -0.15) is 0 Å². The van der Waals surface area contributed by atoms with Crippen LogP contribution in [-0.2, 0) is 30.3 Å². The predicted octanol–water partition coefficient (Wildman–Crippen LogP) is 3.65. The summed E-state index contributed by atoms with van der Waals surface area (Å²) < 4.78 is 19.9. The molecule has 2 aliphatic rings. The van der Waals surface area contributed by atoms with Crippen LogP contribution in [0.1, 0.15) is 73.6 Å². The van der Waals surface area contributed by atoms with E-state index in [1.807, 2.05) is 59.1 Å². The Balaban J connectivity index is 1.52. The van der Waals surface area contributed by atoms with Crippen molar-refractivity contribution in [3.63, 3.8) is 0 Å². The third-order valence-corrected chi connectivity index (χ3v) is 10.4. The molecule has 0 bridgehead atoms. The van der Waals surface area contributed by atoms with Gasteiger partial charge in [0.1, 0.15) is 31.3 Å². The number of fused-ring (bicyclic) bond motifs is 1. The zero-order valence-electron chi connectivity index (χ0n) is 29.3. The van der Waals surface area contributed by atoms with Gasteiger partial charge in [-0.1, -0.05) is 31.2 Å². The highest BCUT2D eigenvalue weighted by Crippen LogP contribution is 2.39. The number of nitrogens with zero attached hydrogens (tertiary/aromatic N) is 4. The maximum Gasteiger partial charge on any atom is 0.410 e. The summed E-state index contributed by atoms with van der Waals surface area (Å²) in [6.07, 6.45) is 3.51. The van der Waals surface area contributed by atoms with Gasteiger partial charge in [0, 0.05) is 43.9 Å². The van der Waals surface area contributed by atoms with Crippen LogP contribution in [0, 0.1) is 11.8 Å². The van der Waals surface area contributed by atoms with Crippen LogP contribution >= 0.6 is 0 Å². The van der Waals surface area contributed by atoms with Gasteiger partial charge in [0.2, 0.25) is 0 Å². The highest BCUT2D eigenvalue weighted by Gasteiger charge is 2.58. The number of Topliss-reactive ketones (excluding diaryl/α,β-unsaturated/α-hetero) is 1. The van der Waals surface area contributed by atoms with Gasteiger partial charge in [-0.25, -0.2) is 4.79 Å². The van der Waals surface area contributed by atoms with E-state index < -0.39 is 41.3 Å². The summed E-state index contributed by atoms with van der Waals surface area (Å²) in [6, 6.07) is 6.91. The monoisotopic (exact) mass is 652 g/mol. The number of unbranched alkanes of at least 4 members (excludes halogenated alkanes) is 1. The molecule has 0 radical (unpaired) electrons. The molecule has 47 heavy (non-hydrogen) atoms. The normalized spacial score (nSPS) is 32.7. The minimum absolute atomic E-state index is 0.100. The molecule has 13 heteroatoms. The Morgan fingerprint density at radius 1 is 1.15 bits per heavy atom. The standard InChI is InChI=1S/C34H53BN6O6/c1-8-29-34(6)30(23(4)37-19-21(2)18-33(5,45-7)28(35)17-27(42)22(3)31(43)46-29)41(32(44)47-34)15-10-9-14-40-20-26(38-39-40)24-12-11-13-25(36)16-24/h11-13,16,20-23,28-30,37H,8-10,14-15,17-19,35-36H2,1-7H3/t21-,22-,23-,28-,29-,30-,33-,34-/m1/s1. The van der Waals surface area contributed by atoms with Crippen molar-refractivity contribution in [3.05, 3.63) is 30.5 Å². The molecule has 3 heterocycles. The van der Waals surface area contributed by atoms with E-state index in [1.165, 1.54) is 0 Å². The largest absolute Gasteiger partial charge is 0.458 e. The van der Waals surface area contributed by atoms with Crippen molar-refractivity contribution < 1.29 is 28.6 Å². The maximum absolute atomic E-state index is 13.5. The fourth-order valence-electron chi connectivity index (χ4n) is 7.20. The Hall–Kier alpha value is -3.45. The smallest absolute Gasteiger partial charge is 0.410 e. The summed E-state index contributed by atoms with van der Waals surface area (Å²) >= 11 is 0. The van der Waals surface area contributed by atoms with Crippen molar-refractivity contribution >= 4 is 31.4 Å². The first-order valence-electron chi connectivity index (χ1n) is 17.0. The zero-order chi connectivity index (χ0) is 34.5. The number of ether oxygens (including phenoxy) is 3. The lowest BCUT2D eigenvalue weighted by Crippen LogP contribution is -2.60. The fraction of sp³-hybridized carbons (Fsp3) is 0.676. The molecule has 2 aliphatic heterocycles. The number of nitrogens with one attached hydrogen (secondary N) is 1. The summed E-state index contributed by atoms with van der Waals surface area (Å²) in [5.41, 5.74) is 6.56. The second-order valence-corrected chi connectivity index (χ2v) is 14.0. The number of rotatable bonds is 8. The zero-order valence-corrected chi connectivity index (χ0v) is 29.3. The molecule has 0 spiro atoms. The van der Waals surface area contributed by atoms with Gasteiger partial charge in [0.15, 0.2) is 5.60 Å². The van der Waals surface area contributed by atoms with E-state index in [0.717, 1.165) is 24.1 Å². The topological polar surface area (TPSA) is 151 Å². The van der Waals surface area contributed by atoms with Gasteiger partial charge in [-0.05, 0) is 83.8 Å². The highest BCUT2D eigenvalue weighted by atomic mass is 16.6. The van der Waals surface area contributed by atoms with E-state index in [4.69, 9.17) is 19.9 Å². The number of benzene rings is 1. The van der Waals surface area contributed by atoms with Crippen LogP contribution in [0.4, 0.5) is 10.5 Å². The molecule has 1 amide bonds. The number of cyclic esters (lactones) is 1. The average molecular weight is 653 g/mol. The lowest BCUT2D eigenvalue weighted by molar-refractivity contribution is -0.169. The Kier molecular flexibility index (Phi) is 11.8. The van der Waals surface area contributed by atoms with Crippen molar-refractivity contribution in [2.75, 3.05) is 25.9 Å². The number of esters is 1. The molecule has 2 fully saturated rings. The number of amides is 1. The first-order valence-corrected chi connectivity index (χ1v) is 17.0. The van der Waals surface area contributed by atoms with Crippen LogP contribution in [0.5, 0.6) is 0 Å². The second-order valence-electron chi connectivity index (χ2n) is 14.0. The van der Waals surface area contributed by atoms with Gasteiger partial charge in [0.25, 0.3) is 0 Å². The first-order chi connectivity index (χ1) is 22.2. The van der Waals surface area contributed by atoms with Crippen LogP contribution in [-0.4, -0.2) is 95.2 Å². The number of aromatic nitrogens is 3. The van der Waals surface area contributed by atoms with Crippen molar-refractivity contribution in [2.45, 2.75) is 115 Å². The molecule has 3 N–H and O–H groups in total. The summed E-state index contributed by atoms with van der Waals surface area (Å²) in [4.78, 5) is 42.0. The van der Waals surface area contributed by atoms with Crippen LogP contribution in [0.25, 0.3) is 11.3 Å². The van der Waals surface area contributed by atoms with E-state index >= 15 is 0 Å². The lowest BCUT2D eigenvalue weighted by atomic mass is 9.67. The van der Waals surface area contributed by atoms with Crippen LogP contribution in [0.3, 0.4) is 0 Å². The van der Waals surface area contributed by atoms with Crippen LogP contribution in [0.2, 0.25) is 5.82 Å². The van der Waals surface area contributed by atoms with Gasteiger partial charge in [-0.15, -0.1) is 5.10 Å². The molecule has 0 unspecified atom stereocenters. The average Bonchev–Trinajstić information content (AvgIpc) is 3.61. The molecular formula is C34H53BN6O6. The van der Waals surface area contributed by atoms with Crippen molar-refractivity contribution in [1.82, 2.24) is 25.2 Å². The van der Waals surface area contributed by atoms with Crippen molar-refractivity contribution in [1.29, 1.82) is 0 Å². The molecule has 8 atom stereocenters. The number of aryl methyl sites for hydroxylation is 1. The number of nitrogen functional groups attached to an aromatic ring is 1. The van der Waals surface area contributed by atoms with Gasteiger partial charge >= 0.3 is 12.1 Å². The first kappa shape index (κ1) is 36.4. The third kappa shape index (κ3) is 8.17. The molecule has 12 nitrogen and oxygen atoms in total. The predicted molar refractivity (Wildman–Crippen MR) is 182 cm³/mol. The summed E-state index contributed by atoms with van der Waals surface area (Å²) in [5, 5.41) is 12.2. The molecule has 2 saturated heterocycles. The number of methoxy groups -OCH3 is 1. The Morgan fingerprint density at radius 3 is 2.55 bits per heavy atom. The van der Waals surface area contributed by atoms with Gasteiger partial charge in [-0.3, -0.25) is 19.2 Å². The number of anilines is 1. The van der Waals surface area contributed by atoms with Crippen molar-refractivity contribution in [2.24, 2.45) is 11.8 Å². The molecule has 0 saturated carbocycles. The maximum atomic E-state index is 13.5. The molecule has 258 valence electrons. The minimum atomic E-state index is -1.13. The van der Waals surface area contributed by atoms with E-state index in [1.54, 1.807) is 23.6 Å². The molecule has 0 aliphatic carbocycles. The van der Waals surface area contributed by atoms with E-state index in [0.29, 0.717) is 38.2 Å². The number of nitrogens with two attached hydrogens (primary N) is 1. The highest BCUT2D eigenvalue weighted by molar-refractivity contribution is 6.15. The number of hydrogen-bond acceptors (Lipinski definition) is 10. The minimum Gasteiger partial charge on any atom is -0.458 e. The Labute approximate surface area is 279 Å². The molecule has 1 aromatic carbocycles. The molecule has 1 aromatic heterocycles. The summed E-state index contributed by atoms with van der Waals surface area (Å²) in [7, 11) is 3.67. The quantitative estimate of drug-likeness (QED) is 0.142. The second kappa shape index (κ2) is 15.2. The third-order valence-electron chi connectivity index (χ3n) is 10.4. The SMILES string of the molecule is B[C@@H]1CC(=O)[C@@H](C)C(=O)O[C@H](CC)[C@@]2(C)OC(=O)N(CCCCn3cc(-c4cccc(N)c4)nn3)[C@@H]2[C@@H](C)NC[C@H](C)C[C@@]1(C)OC.